The molecule has 0 fully saturated rings. The first kappa shape index (κ1) is 10.2. The van der Waals surface area contributed by atoms with E-state index < -0.39 is 13.0 Å². The summed E-state index contributed by atoms with van der Waals surface area (Å²) in [7, 11) is 0. The number of hydrogen-bond acceptors (Lipinski definition) is 2. The molecule has 0 amide bonds. The Morgan fingerprint density at radius 2 is 2.15 bits per heavy atom. The van der Waals surface area contributed by atoms with Crippen LogP contribution in [-0.2, 0) is 0 Å². The molecule has 0 radical (unpaired) electrons. The van der Waals surface area contributed by atoms with Gasteiger partial charge >= 0.3 is 0 Å². The van der Waals surface area contributed by atoms with Gasteiger partial charge in [-0.05, 0) is 28.1 Å². The summed E-state index contributed by atoms with van der Waals surface area (Å²) in [5.74, 6) is -0.113. The number of rotatable bonds is 3. The molecule has 0 saturated heterocycles. The van der Waals surface area contributed by atoms with Crippen LogP contribution in [0.2, 0.25) is 0 Å². The number of aromatic hydroxyl groups is 1. The maximum Gasteiger partial charge on any atom is 0.272 e. The van der Waals surface area contributed by atoms with Crippen molar-refractivity contribution < 1.29 is 18.6 Å². The molecule has 72 valence electrons. The van der Waals surface area contributed by atoms with E-state index >= 15 is 0 Å². The fourth-order valence-electron chi connectivity index (χ4n) is 0.765. The molecule has 13 heavy (non-hydrogen) atoms. The Balaban J connectivity index is 2.71. The second-order valence-corrected chi connectivity index (χ2v) is 3.14. The van der Waals surface area contributed by atoms with Gasteiger partial charge in [0.1, 0.15) is 6.61 Å². The molecule has 0 aromatic heterocycles. The van der Waals surface area contributed by atoms with Crippen molar-refractivity contribution in [3.05, 3.63) is 22.7 Å². The van der Waals surface area contributed by atoms with Crippen LogP contribution < -0.4 is 4.74 Å². The maximum absolute atomic E-state index is 11.7. The Kier molecular flexibility index (Phi) is 3.48. The summed E-state index contributed by atoms with van der Waals surface area (Å²) < 4.78 is 28.5. The summed E-state index contributed by atoms with van der Waals surface area (Å²) >= 11 is 3.04. The molecule has 1 rings (SSSR count). The van der Waals surface area contributed by atoms with Crippen LogP contribution >= 0.6 is 15.9 Å². The minimum atomic E-state index is -2.54. The predicted octanol–water partition coefficient (Wildman–Crippen LogP) is 2.80. The summed E-state index contributed by atoms with van der Waals surface area (Å²) in [6.07, 6.45) is -2.54. The third-order valence-corrected chi connectivity index (χ3v) is 1.95. The van der Waals surface area contributed by atoms with E-state index in [-0.39, 0.29) is 11.5 Å². The van der Waals surface area contributed by atoms with Crippen molar-refractivity contribution in [1.82, 2.24) is 0 Å². The Hall–Kier alpha value is -0.840. The number of halogens is 3. The predicted molar refractivity (Wildman–Crippen MR) is 47.3 cm³/mol. The maximum atomic E-state index is 11.7. The average Bonchev–Trinajstić information content (AvgIpc) is 2.07. The van der Waals surface area contributed by atoms with Gasteiger partial charge in [0, 0.05) is 0 Å². The van der Waals surface area contributed by atoms with Crippen LogP contribution in [0, 0.1) is 0 Å². The Labute approximate surface area is 82.3 Å². The van der Waals surface area contributed by atoms with Crippen molar-refractivity contribution in [1.29, 1.82) is 0 Å². The fourth-order valence-corrected chi connectivity index (χ4v) is 1.11. The number of para-hydroxylation sites is 1. The first-order valence-electron chi connectivity index (χ1n) is 3.49. The van der Waals surface area contributed by atoms with E-state index in [0.717, 1.165) is 0 Å². The van der Waals surface area contributed by atoms with Gasteiger partial charge in [-0.2, -0.15) is 0 Å². The third-order valence-electron chi connectivity index (χ3n) is 1.31. The number of benzene rings is 1. The molecule has 1 aromatic carbocycles. The van der Waals surface area contributed by atoms with Gasteiger partial charge < -0.3 is 9.84 Å². The standard InChI is InChI=1S/C8H7BrF2O2/c9-5-2-1-3-6(8(5)12)13-4-7(10)11/h1-3,7,12H,4H2. The molecular formula is C8H7BrF2O2. The summed E-state index contributed by atoms with van der Waals surface area (Å²) in [5.41, 5.74) is 0. The molecule has 0 aliphatic rings. The van der Waals surface area contributed by atoms with Gasteiger partial charge in [0.25, 0.3) is 6.43 Å². The molecule has 0 aliphatic carbocycles. The summed E-state index contributed by atoms with van der Waals surface area (Å²) in [6.45, 7) is -0.718. The van der Waals surface area contributed by atoms with Crippen molar-refractivity contribution in [2.75, 3.05) is 6.61 Å². The molecular weight excluding hydrogens is 246 g/mol. The van der Waals surface area contributed by atoms with Crippen molar-refractivity contribution in [3.63, 3.8) is 0 Å². The highest BCUT2D eigenvalue weighted by atomic mass is 79.9. The second-order valence-electron chi connectivity index (χ2n) is 2.29. The van der Waals surface area contributed by atoms with Gasteiger partial charge in [-0.15, -0.1) is 0 Å². The highest BCUT2D eigenvalue weighted by Crippen LogP contribution is 2.33. The van der Waals surface area contributed by atoms with Crippen LogP contribution in [0.5, 0.6) is 11.5 Å². The Morgan fingerprint density at radius 3 is 2.77 bits per heavy atom. The molecule has 0 atom stereocenters. The van der Waals surface area contributed by atoms with Crippen LogP contribution in [0.1, 0.15) is 0 Å². The van der Waals surface area contributed by atoms with E-state index in [1.165, 1.54) is 6.07 Å². The smallest absolute Gasteiger partial charge is 0.272 e. The highest BCUT2D eigenvalue weighted by molar-refractivity contribution is 9.10. The quantitative estimate of drug-likeness (QED) is 0.897. The Morgan fingerprint density at radius 1 is 1.46 bits per heavy atom. The van der Waals surface area contributed by atoms with Crippen molar-refractivity contribution in [2.45, 2.75) is 6.43 Å². The minimum Gasteiger partial charge on any atom is -0.503 e. The number of ether oxygens (including phenoxy) is 1. The molecule has 0 saturated carbocycles. The molecule has 0 spiro atoms. The summed E-state index contributed by atoms with van der Waals surface area (Å²) in [4.78, 5) is 0. The van der Waals surface area contributed by atoms with Crippen LogP contribution in [-0.4, -0.2) is 18.1 Å². The number of hydrogen-bond donors (Lipinski definition) is 1. The van der Waals surface area contributed by atoms with Crippen molar-refractivity contribution >= 4 is 15.9 Å². The van der Waals surface area contributed by atoms with E-state index in [9.17, 15) is 13.9 Å². The molecule has 0 aliphatic heterocycles. The molecule has 1 N–H and O–H groups in total. The van der Waals surface area contributed by atoms with E-state index in [0.29, 0.717) is 4.47 Å². The van der Waals surface area contributed by atoms with Crippen molar-refractivity contribution in [3.8, 4) is 11.5 Å². The van der Waals surface area contributed by atoms with Crippen LogP contribution in [0.4, 0.5) is 8.78 Å². The van der Waals surface area contributed by atoms with Gasteiger partial charge in [0.2, 0.25) is 0 Å². The van der Waals surface area contributed by atoms with Crippen molar-refractivity contribution in [2.24, 2.45) is 0 Å². The highest BCUT2D eigenvalue weighted by Gasteiger charge is 2.08. The molecule has 2 nitrogen and oxygen atoms in total. The van der Waals surface area contributed by atoms with Gasteiger partial charge in [-0.25, -0.2) is 8.78 Å². The summed E-state index contributed by atoms with van der Waals surface area (Å²) in [6, 6.07) is 4.59. The molecule has 5 heteroatoms. The topological polar surface area (TPSA) is 29.5 Å². The lowest BCUT2D eigenvalue weighted by atomic mass is 10.3. The van der Waals surface area contributed by atoms with Crippen LogP contribution in [0.15, 0.2) is 22.7 Å². The molecule has 0 heterocycles. The number of phenolic OH excluding ortho intramolecular Hbond substituents is 1. The van der Waals surface area contributed by atoms with E-state index in [1.807, 2.05) is 0 Å². The zero-order valence-corrected chi connectivity index (χ0v) is 8.09. The lowest BCUT2D eigenvalue weighted by Gasteiger charge is -2.07. The zero-order valence-electron chi connectivity index (χ0n) is 6.51. The normalized spacial score (nSPS) is 10.5. The minimum absolute atomic E-state index is 0.0506. The van der Waals surface area contributed by atoms with Gasteiger partial charge in [-0.3, -0.25) is 0 Å². The SMILES string of the molecule is Oc1c(Br)cccc1OCC(F)F. The monoisotopic (exact) mass is 252 g/mol. The van der Waals surface area contributed by atoms with E-state index in [1.54, 1.807) is 12.1 Å². The number of alkyl halides is 2. The molecule has 0 unspecified atom stereocenters. The second kappa shape index (κ2) is 4.41. The third kappa shape index (κ3) is 2.84. The fraction of sp³-hybridized carbons (Fsp3) is 0.250. The van der Waals surface area contributed by atoms with E-state index in [2.05, 4.69) is 20.7 Å². The Bertz CT molecular complexity index is 291. The van der Waals surface area contributed by atoms with Gasteiger partial charge in [0.05, 0.1) is 4.47 Å². The first-order valence-corrected chi connectivity index (χ1v) is 4.29. The summed E-state index contributed by atoms with van der Waals surface area (Å²) in [5, 5.41) is 9.29. The zero-order chi connectivity index (χ0) is 9.84. The van der Waals surface area contributed by atoms with Crippen LogP contribution in [0.25, 0.3) is 0 Å². The lowest BCUT2D eigenvalue weighted by molar-refractivity contribution is 0.0805. The van der Waals surface area contributed by atoms with Crippen LogP contribution in [0.3, 0.4) is 0 Å². The number of phenols is 1. The van der Waals surface area contributed by atoms with Gasteiger partial charge in [-0.1, -0.05) is 6.07 Å². The molecule has 1 aromatic rings. The lowest BCUT2D eigenvalue weighted by Crippen LogP contribution is -2.06. The van der Waals surface area contributed by atoms with Gasteiger partial charge in [0.15, 0.2) is 11.5 Å². The average molecular weight is 253 g/mol. The first-order chi connectivity index (χ1) is 6.11. The molecule has 0 bridgehead atoms. The largest absolute Gasteiger partial charge is 0.503 e. The van der Waals surface area contributed by atoms with E-state index in [4.69, 9.17) is 0 Å².